The molecule has 0 bridgehead atoms. The lowest BCUT2D eigenvalue weighted by Gasteiger charge is -2.20. The van der Waals surface area contributed by atoms with Gasteiger partial charge in [0.05, 0.1) is 6.54 Å². The van der Waals surface area contributed by atoms with Crippen molar-refractivity contribution in [3.8, 4) is 11.5 Å². The van der Waals surface area contributed by atoms with Crippen LogP contribution in [0.3, 0.4) is 0 Å². The van der Waals surface area contributed by atoms with Gasteiger partial charge in [-0.25, -0.2) is 0 Å². The SMILES string of the molecule is CC(C)(C)OC(=O)CNCc1ccc2c(c1)OCCO2. The van der Waals surface area contributed by atoms with Crippen LogP contribution < -0.4 is 14.8 Å². The second-order valence-corrected chi connectivity index (χ2v) is 5.67. The molecule has 0 aliphatic carbocycles. The number of nitrogens with one attached hydrogen (secondary N) is 1. The molecule has 1 heterocycles. The third-order valence-corrected chi connectivity index (χ3v) is 2.63. The number of carbonyl (C=O) groups is 1. The van der Waals surface area contributed by atoms with Gasteiger partial charge < -0.3 is 19.5 Å². The number of hydrogen-bond donors (Lipinski definition) is 1. The van der Waals surface area contributed by atoms with Gasteiger partial charge in [-0.2, -0.15) is 0 Å². The summed E-state index contributed by atoms with van der Waals surface area (Å²) in [5.74, 6) is 1.27. The van der Waals surface area contributed by atoms with Gasteiger partial charge in [-0.15, -0.1) is 0 Å². The maximum Gasteiger partial charge on any atom is 0.320 e. The summed E-state index contributed by atoms with van der Waals surface area (Å²) >= 11 is 0. The highest BCUT2D eigenvalue weighted by Crippen LogP contribution is 2.30. The van der Waals surface area contributed by atoms with Crippen LogP contribution in [0.5, 0.6) is 11.5 Å². The van der Waals surface area contributed by atoms with E-state index in [2.05, 4.69) is 5.32 Å². The standard InChI is InChI=1S/C15H21NO4/c1-15(2,3)20-14(17)10-16-9-11-4-5-12-13(8-11)19-7-6-18-12/h4-5,8,16H,6-7,9-10H2,1-3H3. The van der Waals surface area contributed by atoms with E-state index in [0.717, 1.165) is 17.1 Å². The van der Waals surface area contributed by atoms with E-state index in [0.29, 0.717) is 19.8 Å². The number of carbonyl (C=O) groups excluding carboxylic acids is 1. The van der Waals surface area contributed by atoms with Gasteiger partial charge in [0.25, 0.3) is 0 Å². The minimum Gasteiger partial charge on any atom is -0.486 e. The zero-order valence-electron chi connectivity index (χ0n) is 12.2. The third kappa shape index (κ3) is 4.42. The molecule has 0 radical (unpaired) electrons. The topological polar surface area (TPSA) is 56.8 Å². The molecule has 20 heavy (non-hydrogen) atoms. The predicted octanol–water partition coefficient (Wildman–Crippen LogP) is 1.89. The van der Waals surface area contributed by atoms with Crippen LogP contribution in [-0.2, 0) is 16.1 Å². The summed E-state index contributed by atoms with van der Waals surface area (Å²) in [5.41, 5.74) is 0.591. The highest BCUT2D eigenvalue weighted by atomic mass is 16.6. The van der Waals surface area contributed by atoms with E-state index in [1.54, 1.807) is 0 Å². The van der Waals surface area contributed by atoms with E-state index in [1.165, 1.54) is 0 Å². The van der Waals surface area contributed by atoms with Crippen LogP contribution in [0.2, 0.25) is 0 Å². The second kappa shape index (κ2) is 6.13. The highest BCUT2D eigenvalue weighted by Gasteiger charge is 2.16. The van der Waals surface area contributed by atoms with Gasteiger partial charge in [0.15, 0.2) is 11.5 Å². The average molecular weight is 279 g/mol. The van der Waals surface area contributed by atoms with Gasteiger partial charge in [-0.1, -0.05) is 6.07 Å². The smallest absolute Gasteiger partial charge is 0.320 e. The molecule has 0 aromatic heterocycles. The van der Waals surface area contributed by atoms with Gasteiger partial charge in [-0.05, 0) is 38.5 Å². The molecule has 1 N–H and O–H groups in total. The highest BCUT2D eigenvalue weighted by molar-refractivity contribution is 5.72. The number of fused-ring (bicyclic) bond motifs is 1. The molecule has 5 nitrogen and oxygen atoms in total. The van der Waals surface area contributed by atoms with Crippen LogP contribution in [0, 0.1) is 0 Å². The first kappa shape index (κ1) is 14.7. The molecule has 0 spiro atoms. The van der Waals surface area contributed by atoms with Crippen molar-refractivity contribution in [3.63, 3.8) is 0 Å². The van der Waals surface area contributed by atoms with Crippen LogP contribution >= 0.6 is 0 Å². The molecule has 1 aliphatic rings. The number of esters is 1. The van der Waals surface area contributed by atoms with Crippen LogP contribution in [-0.4, -0.2) is 31.3 Å². The number of benzene rings is 1. The Morgan fingerprint density at radius 1 is 1.25 bits per heavy atom. The van der Waals surface area contributed by atoms with E-state index in [-0.39, 0.29) is 12.5 Å². The van der Waals surface area contributed by atoms with Crippen molar-refractivity contribution < 1.29 is 19.0 Å². The minimum atomic E-state index is -0.449. The molecule has 0 fully saturated rings. The summed E-state index contributed by atoms with van der Waals surface area (Å²) in [5, 5.41) is 3.06. The Kier molecular flexibility index (Phi) is 4.49. The molecular weight excluding hydrogens is 258 g/mol. The molecule has 0 unspecified atom stereocenters. The fraction of sp³-hybridized carbons (Fsp3) is 0.533. The summed E-state index contributed by atoms with van der Waals surface area (Å²) < 4.78 is 16.2. The van der Waals surface area contributed by atoms with Crippen molar-refractivity contribution in [3.05, 3.63) is 23.8 Å². The van der Waals surface area contributed by atoms with Crippen molar-refractivity contribution in [2.75, 3.05) is 19.8 Å². The monoisotopic (exact) mass is 279 g/mol. The minimum absolute atomic E-state index is 0.186. The summed E-state index contributed by atoms with van der Waals surface area (Å²) in [6.07, 6.45) is 0. The Labute approximate surface area is 119 Å². The van der Waals surface area contributed by atoms with Crippen molar-refractivity contribution in [2.24, 2.45) is 0 Å². The van der Waals surface area contributed by atoms with Crippen LogP contribution in [0.15, 0.2) is 18.2 Å². The second-order valence-electron chi connectivity index (χ2n) is 5.67. The van der Waals surface area contributed by atoms with E-state index in [9.17, 15) is 4.79 Å². The van der Waals surface area contributed by atoms with E-state index in [4.69, 9.17) is 14.2 Å². The van der Waals surface area contributed by atoms with Crippen molar-refractivity contribution in [1.29, 1.82) is 0 Å². The van der Waals surface area contributed by atoms with Crippen molar-refractivity contribution in [1.82, 2.24) is 5.32 Å². The maximum atomic E-state index is 11.6. The largest absolute Gasteiger partial charge is 0.486 e. The van der Waals surface area contributed by atoms with Crippen LogP contribution in [0.4, 0.5) is 0 Å². The molecule has 1 aromatic rings. The molecule has 2 rings (SSSR count). The fourth-order valence-corrected chi connectivity index (χ4v) is 1.88. The number of ether oxygens (including phenoxy) is 3. The van der Waals surface area contributed by atoms with Gasteiger partial charge in [0, 0.05) is 6.54 Å². The lowest BCUT2D eigenvalue weighted by molar-refractivity contribution is -0.153. The molecule has 0 amide bonds. The van der Waals surface area contributed by atoms with E-state index in [1.807, 2.05) is 39.0 Å². The third-order valence-electron chi connectivity index (χ3n) is 2.63. The zero-order chi connectivity index (χ0) is 14.6. The van der Waals surface area contributed by atoms with Crippen LogP contribution in [0.25, 0.3) is 0 Å². The first-order chi connectivity index (χ1) is 9.44. The molecule has 1 aliphatic heterocycles. The first-order valence-corrected chi connectivity index (χ1v) is 6.75. The molecule has 0 saturated heterocycles. The van der Waals surface area contributed by atoms with Gasteiger partial charge in [0.1, 0.15) is 18.8 Å². The summed E-state index contributed by atoms with van der Waals surface area (Å²) in [6.45, 7) is 7.48. The normalized spacial score (nSPS) is 13.9. The number of hydrogen-bond acceptors (Lipinski definition) is 5. The molecule has 5 heteroatoms. The lowest BCUT2D eigenvalue weighted by Crippen LogP contribution is -2.31. The van der Waals surface area contributed by atoms with Gasteiger partial charge >= 0.3 is 5.97 Å². The fourth-order valence-electron chi connectivity index (χ4n) is 1.88. The Hall–Kier alpha value is -1.75. The first-order valence-electron chi connectivity index (χ1n) is 6.75. The molecule has 110 valence electrons. The van der Waals surface area contributed by atoms with E-state index >= 15 is 0 Å². The molecule has 0 saturated carbocycles. The Balaban J connectivity index is 1.81. The molecular formula is C15H21NO4. The average Bonchev–Trinajstić information content (AvgIpc) is 2.36. The van der Waals surface area contributed by atoms with Gasteiger partial charge in [0.2, 0.25) is 0 Å². The molecule has 0 atom stereocenters. The number of rotatable bonds is 4. The summed E-state index contributed by atoms with van der Waals surface area (Å²) in [4.78, 5) is 11.6. The Morgan fingerprint density at radius 2 is 1.95 bits per heavy atom. The predicted molar refractivity (Wildman–Crippen MR) is 75.0 cm³/mol. The lowest BCUT2D eigenvalue weighted by atomic mass is 10.2. The molecule has 1 aromatic carbocycles. The quantitative estimate of drug-likeness (QED) is 0.853. The van der Waals surface area contributed by atoms with Gasteiger partial charge in [-0.3, -0.25) is 4.79 Å². The van der Waals surface area contributed by atoms with Crippen molar-refractivity contribution in [2.45, 2.75) is 32.9 Å². The zero-order valence-corrected chi connectivity index (χ0v) is 12.2. The Morgan fingerprint density at radius 3 is 2.65 bits per heavy atom. The Bertz CT molecular complexity index is 479. The summed E-state index contributed by atoms with van der Waals surface area (Å²) in [6, 6.07) is 5.77. The van der Waals surface area contributed by atoms with Crippen molar-refractivity contribution >= 4 is 5.97 Å². The van der Waals surface area contributed by atoms with E-state index < -0.39 is 5.60 Å². The maximum absolute atomic E-state index is 11.6. The van der Waals surface area contributed by atoms with Crippen LogP contribution in [0.1, 0.15) is 26.3 Å². The summed E-state index contributed by atoms with van der Waals surface area (Å²) in [7, 11) is 0.